The van der Waals surface area contributed by atoms with Crippen molar-refractivity contribution >= 4 is 22.4 Å². The first-order chi connectivity index (χ1) is 17.2. The quantitative estimate of drug-likeness (QED) is 0.346. The minimum absolute atomic E-state index is 0.0483. The summed E-state index contributed by atoms with van der Waals surface area (Å²) >= 11 is 0. The Morgan fingerprint density at radius 3 is 2.31 bits per heavy atom. The molecule has 5 heteroatoms. The Morgan fingerprint density at radius 2 is 1.51 bits per heavy atom. The van der Waals surface area contributed by atoms with Crippen molar-refractivity contribution in [2.24, 2.45) is 0 Å². The van der Waals surface area contributed by atoms with E-state index in [-0.39, 0.29) is 5.91 Å². The lowest BCUT2D eigenvalue weighted by Gasteiger charge is -2.36. The molecular weight excluding hydrogens is 436 g/mol. The summed E-state index contributed by atoms with van der Waals surface area (Å²) in [7, 11) is 0. The molecule has 1 heterocycles. The number of ether oxygens (including phenoxy) is 2. The predicted octanol–water partition coefficient (Wildman–Crippen LogP) is 5.78. The van der Waals surface area contributed by atoms with Gasteiger partial charge in [0.15, 0.2) is 0 Å². The molecule has 0 saturated carbocycles. The lowest BCUT2D eigenvalue weighted by Crippen LogP contribution is -2.48. The molecule has 1 aliphatic heterocycles. The fourth-order valence-electron chi connectivity index (χ4n) is 4.59. The van der Waals surface area contributed by atoms with Gasteiger partial charge in [0.2, 0.25) is 0 Å². The Balaban J connectivity index is 1.31. The lowest BCUT2D eigenvalue weighted by atomic mass is 10.1. The van der Waals surface area contributed by atoms with Gasteiger partial charge >= 0.3 is 0 Å². The van der Waals surface area contributed by atoms with E-state index in [0.717, 1.165) is 40.9 Å². The smallest absolute Gasteiger partial charge is 0.253 e. The molecule has 5 nitrogen and oxygen atoms in total. The van der Waals surface area contributed by atoms with E-state index < -0.39 is 0 Å². The molecule has 4 aromatic rings. The maximum atomic E-state index is 13.3. The second kappa shape index (κ2) is 10.5. The van der Waals surface area contributed by atoms with E-state index in [4.69, 9.17) is 9.47 Å². The van der Waals surface area contributed by atoms with E-state index in [9.17, 15) is 4.79 Å². The maximum Gasteiger partial charge on any atom is 0.253 e. The molecule has 0 atom stereocenters. The summed E-state index contributed by atoms with van der Waals surface area (Å²) in [4.78, 5) is 17.6. The Morgan fingerprint density at radius 1 is 0.771 bits per heavy atom. The summed E-state index contributed by atoms with van der Waals surface area (Å²) in [6.45, 7) is 5.88. The van der Waals surface area contributed by atoms with Gasteiger partial charge in [0.05, 0.1) is 6.61 Å². The number of fused-ring (bicyclic) bond motifs is 1. The third-order valence-electron chi connectivity index (χ3n) is 6.43. The van der Waals surface area contributed by atoms with E-state index in [1.165, 1.54) is 5.69 Å². The molecule has 0 aliphatic carbocycles. The Labute approximate surface area is 206 Å². The van der Waals surface area contributed by atoms with Crippen LogP contribution in [0.5, 0.6) is 11.5 Å². The predicted molar refractivity (Wildman–Crippen MR) is 140 cm³/mol. The van der Waals surface area contributed by atoms with Crippen molar-refractivity contribution in [3.05, 3.63) is 102 Å². The number of piperazine rings is 1. The third-order valence-corrected chi connectivity index (χ3v) is 6.43. The van der Waals surface area contributed by atoms with Crippen LogP contribution in [0.4, 0.5) is 5.69 Å². The highest BCUT2D eigenvalue weighted by Crippen LogP contribution is 2.28. The van der Waals surface area contributed by atoms with Crippen LogP contribution in [-0.4, -0.2) is 43.6 Å². The Hall–Kier alpha value is -3.99. The summed E-state index contributed by atoms with van der Waals surface area (Å²) in [5.41, 5.74) is 2.74. The van der Waals surface area contributed by atoms with Crippen molar-refractivity contribution in [2.75, 3.05) is 37.7 Å². The molecular formula is C30H30N2O3. The first kappa shape index (κ1) is 22.8. The van der Waals surface area contributed by atoms with Crippen molar-refractivity contribution in [1.29, 1.82) is 0 Å². The van der Waals surface area contributed by atoms with Crippen molar-refractivity contribution in [1.82, 2.24) is 4.90 Å². The zero-order valence-electron chi connectivity index (χ0n) is 20.0. The van der Waals surface area contributed by atoms with Crippen LogP contribution in [0.2, 0.25) is 0 Å². The molecule has 0 radical (unpaired) electrons. The number of carbonyl (C=O) groups excluding carboxylic acids is 1. The summed E-state index contributed by atoms with van der Waals surface area (Å²) in [6, 6.07) is 30.2. The first-order valence-electron chi connectivity index (χ1n) is 12.2. The van der Waals surface area contributed by atoms with Gasteiger partial charge in [-0.05, 0) is 48.7 Å². The van der Waals surface area contributed by atoms with Gasteiger partial charge in [-0.1, -0.05) is 54.6 Å². The number of hydrogen-bond donors (Lipinski definition) is 0. The average molecular weight is 467 g/mol. The second-order valence-electron chi connectivity index (χ2n) is 8.64. The summed E-state index contributed by atoms with van der Waals surface area (Å²) in [6.07, 6.45) is 0. The van der Waals surface area contributed by atoms with E-state index >= 15 is 0 Å². The highest BCUT2D eigenvalue weighted by Gasteiger charge is 2.23. The van der Waals surface area contributed by atoms with Crippen molar-refractivity contribution in [2.45, 2.75) is 13.5 Å². The Bertz CT molecular complexity index is 1290. The molecule has 5 rings (SSSR count). The summed E-state index contributed by atoms with van der Waals surface area (Å²) < 4.78 is 12.1. The monoisotopic (exact) mass is 466 g/mol. The molecule has 1 fully saturated rings. The molecule has 4 aromatic carbocycles. The van der Waals surface area contributed by atoms with Gasteiger partial charge in [0.25, 0.3) is 5.91 Å². The number of amides is 1. The van der Waals surface area contributed by atoms with Gasteiger partial charge in [-0.15, -0.1) is 0 Å². The second-order valence-corrected chi connectivity index (χ2v) is 8.64. The number of anilines is 1. The largest absolute Gasteiger partial charge is 0.493 e. The minimum Gasteiger partial charge on any atom is -0.493 e. The fourth-order valence-corrected chi connectivity index (χ4v) is 4.59. The third kappa shape index (κ3) is 5.09. The lowest BCUT2D eigenvalue weighted by molar-refractivity contribution is 0.0746. The zero-order valence-corrected chi connectivity index (χ0v) is 20.0. The highest BCUT2D eigenvalue weighted by molar-refractivity contribution is 5.95. The van der Waals surface area contributed by atoms with Gasteiger partial charge in [-0.25, -0.2) is 0 Å². The van der Waals surface area contributed by atoms with Crippen LogP contribution >= 0.6 is 0 Å². The molecule has 35 heavy (non-hydrogen) atoms. The summed E-state index contributed by atoms with van der Waals surface area (Å²) in [5, 5.41) is 2.20. The van der Waals surface area contributed by atoms with Crippen LogP contribution in [0, 0.1) is 0 Å². The topological polar surface area (TPSA) is 42.0 Å². The van der Waals surface area contributed by atoms with Crippen molar-refractivity contribution in [3.8, 4) is 11.5 Å². The molecule has 0 aromatic heterocycles. The maximum absolute atomic E-state index is 13.3. The van der Waals surface area contributed by atoms with E-state index in [1.807, 2.05) is 60.4 Å². The van der Waals surface area contributed by atoms with Crippen LogP contribution in [0.1, 0.15) is 22.8 Å². The fraction of sp³-hybridized carbons (Fsp3) is 0.233. The SMILES string of the molecule is CCOc1ccc(C(=O)N2CCN(c3ccccc3)CC2)cc1COc1cccc2ccccc12. The zero-order chi connectivity index (χ0) is 24.0. The van der Waals surface area contributed by atoms with E-state index in [0.29, 0.717) is 31.9 Å². The minimum atomic E-state index is 0.0483. The first-order valence-corrected chi connectivity index (χ1v) is 12.2. The number of para-hydroxylation sites is 1. The molecule has 1 aliphatic rings. The standard InChI is InChI=1S/C30H30N2O3/c1-2-34-28-16-15-24(30(33)32-19-17-31(18-20-32)26-11-4-3-5-12-26)21-25(28)22-35-29-14-8-10-23-9-6-7-13-27(23)29/h3-16,21H,2,17-20,22H2,1H3. The number of carbonyl (C=O) groups is 1. The molecule has 1 amide bonds. The number of benzene rings is 4. The number of nitrogens with zero attached hydrogens (tertiary/aromatic N) is 2. The van der Waals surface area contributed by atoms with Gasteiger partial charge in [0, 0.05) is 48.4 Å². The van der Waals surface area contributed by atoms with Crippen LogP contribution in [-0.2, 0) is 6.61 Å². The van der Waals surface area contributed by atoms with Crippen LogP contribution in [0.25, 0.3) is 10.8 Å². The van der Waals surface area contributed by atoms with Crippen LogP contribution in [0.15, 0.2) is 91.0 Å². The van der Waals surface area contributed by atoms with Gasteiger partial charge in [0.1, 0.15) is 18.1 Å². The van der Waals surface area contributed by atoms with Gasteiger partial charge in [-0.2, -0.15) is 0 Å². The van der Waals surface area contributed by atoms with Crippen molar-refractivity contribution < 1.29 is 14.3 Å². The molecule has 178 valence electrons. The van der Waals surface area contributed by atoms with E-state index in [1.54, 1.807) is 0 Å². The average Bonchev–Trinajstić information content (AvgIpc) is 2.93. The van der Waals surface area contributed by atoms with Crippen LogP contribution < -0.4 is 14.4 Å². The highest BCUT2D eigenvalue weighted by atomic mass is 16.5. The van der Waals surface area contributed by atoms with Crippen molar-refractivity contribution in [3.63, 3.8) is 0 Å². The number of rotatable bonds is 7. The van der Waals surface area contributed by atoms with Crippen LogP contribution in [0.3, 0.4) is 0 Å². The molecule has 0 spiro atoms. The molecule has 0 unspecified atom stereocenters. The molecule has 0 bridgehead atoms. The summed E-state index contributed by atoms with van der Waals surface area (Å²) in [5.74, 6) is 1.62. The molecule has 0 N–H and O–H groups in total. The molecule has 1 saturated heterocycles. The Kier molecular flexibility index (Phi) is 6.85. The van der Waals surface area contributed by atoms with E-state index in [2.05, 4.69) is 47.4 Å². The van der Waals surface area contributed by atoms with Gasteiger partial charge < -0.3 is 19.3 Å². The van der Waals surface area contributed by atoms with Gasteiger partial charge in [-0.3, -0.25) is 4.79 Å². The number of hydrogen-bond acceptors (Lipinski definition) is 4. The normalized spacial score (nSPS) is 13.6.